The zero-order valence-corrected chi connectivity index (χ0v) is 17.0. The number of ether oxygens (including phenoxy) is 1. The van der Waals surface area contributed by atoms with Crippen LogP contribution in [0.3, 0.4) is 0 Å². The minimum atomic E-state index is 0.658. The molecule has 0 saturated heterocycles. The molecule has 0 aliphatic heterocycles. The summed E-state index contributed by atoms with van der Waals surface area (Å²) in [5, 5.41) is 6.73. The fourth-order valence-electron chi connectivity index (χ4n) is 2.98. The smallest absolute Gasteiger partial charge is 0.191 e. The van der Waals surface area contributed by atoms with Crippen LogP contribution in [-0.4, -0.2) is 38.1 Å². The fraction of sp³-hybridized carbons (Fsp3) is 0.409. The molecule has 0 spiro atoms. The molecule has 0 unspecified atom stereocenters. The van der Waals surface area contributed by atoms with E-state index in [1.165, 1.54) is 11.1 Å². The van der Waals surface area contributed by atoms with E-state index in [4.69, 9.17) is 4.74 Å². The lowest BCUT2D eigenvalue weighted by Gasteiger charge is -2.18. The van der Waals surface area contributed by atoms with Crippen molar-refractivity contribution in [2.24, 2.45) is 4.99 Å². The molecule has 0 radical (unpaired) electrons. The summed E-state index contributed by atoms with van der Waals surface area (Å²) in [4.78, 5) is 6.73. The van der Waals surface area contributed by atoms with Gasteiger partial charge < -0.3 is 15.4 Å². The van der Waals surface area contributed by atoms with Crippen molar-refractivity contribution in [2.45, 2.75) is 33.5 Å². The fourth-order valence-corrected chi connectivity index (χ4v) is 2.98. The van der Waals surface area contributed by atoms with Gasteiger partial charge >= 0.3 is 0 Å². The molecule has 5 heteroatoms. The third-order valence-corrected chi connectivity index (χ3v) is 4.61. The van der Waals surface area contributed by atoms with Crippen LogP contribution < -0.4 is 15.4 Å². The summed E-state index contributed by atoms with van der Waals surface area (Å²) in [5.41, 5.74) is 3.69. The summed E-state index contributed by atoms with van der Waals surface area (Å²) in [5.74, 6) is 1.65. The molecule has 0 fully saturated rings. The van der Waals surface area contributed by atoms with Crippen molar-refractivity contribution in [2.75, 3.05) is 27.2 Å². The average Bonchev–Trinajstić information content (AvgIpc) is 2.72. The molecule has 2 aromatic carbocycles. The Bertz CT molecular complexity index is 726. The zero-order chi connectivity index (χ0) is 19.5. The first kappa shape index (κ1) is 20.8. The minimum absolute atomic E-state index is 0.658. The Morgan fingerprint density at radius 3 is 2.37 bits per heavy atom. The number of methoxy groups -OCH3 is 1. The summed E-state index contributed by atoms with van der Waals surface area (Å²) in [6.07, 6.45) is 0. The Morgan fingerprint density at radius 2 is 1.67 bits per heavy atom. The van der Waals surface area contributed by atoms with Gasteiger partial charge in [0.2, 0.25) is 0 Å². The van der Waals surface area contributed by atoms with Crippen LogP contribution in [0.5, 0.6) is 5.75 Å². The van der Waals surface area contributed by atoms with E-state index < -0.39 is 0 Å². The van der Waals surface area contributed by atoms with Crippen molar-refractivity contribution in [1.82, 2.24) is 15.5 Å². The number of nitrogens with zero attached hydrogens (tertiary/aromatic N) is 2. The second-order valence-corrected chi connectivity index (χ2v) is 6.37. The van der Waals surface area contributed by atoms with Crippen LogP contribution in [0.4, 0.5) is 0 Å². The topological polar surface area (TPSA) is 48.9 Å². The lowest BCUT2D eigenvalue weighted by Crippen LogP contribution is -2.36. The van der Waals surface area contributed by atoms with E-state index in [2.05, 4.69) is 64.7 Å². The number of nitrogens with one attached hydrogen (secondary N) is 2. The largest absolute Gasteiger partial charge is 0.496 e. The molecule has 0 aromatic heterocycles. The molecule has 2 rings (SSSR count). The highest BCUT2D eigenvalue weighted by Gasteiger charge is 2.05. The molecule has 0 atom stereocenters. The number of hydrogen-bond donors (Lipinski definition) is 2. The number of para-hydroxylation sites is 1. The van der Waals surface area contributed by atoms with Gasteiger partial charge in [-0.15, -0.1) is 0 Å². The first-order valence-corrected chi connectivity index (χ1v) is 9.56. The predicted octanol–water partition coefficient (Wildman–Crippen LogP) is 3.40. The molecule has 0 aliphatic rings. The van der Waals surface area contributed by atoms with Crippen molar-refractivity contribution in [3.05, 3.63) is 65.2 Å². The van der Waals surface area contributed by atoms with Crippen LogP contribution in [0.25, 0.3) is 0 Å². The number of guanidine groups is 1. The molecule has 2 N–H and O–H groups in total. The van der Waals surface area contributed by atoms with E-state index in [0.717, 1.165) is 43.5 Å². The van der Waals surface area contributed by atoms with Crippen LogP contribution in [0, 0.1) is 0 Å². The van der Waals surface area contributed by atoms with Gasteiger partial charge in [0.15, 0.2) is 5.96 Å². The lowest BCUT2D eigenvalue weighted by atomic mass is 10.1. The SMILES string of the molecule is CCN(CC)Cc1cccc(CNC(=NC)NCc2ccccc2OC)c1. The normalized spacial score (nSPS) is 11.5. The maximum absolute atomic E-state index is 5.40. The van der Waals surface area contributed by atoms with Gasteiger partial charge in [0.05, 0.1) is 7.11 Å². The minimum Gasteiger partial charge on any atom is -0.496 e. The van der Waals surface area contributed by atoms with Crippen molar-refractivity contribution in [1.29, 1.82) is 0 Å². The van der Waals surface area contributed by atoms with Crippen molar-refractivity contribution in [3.63, 3.8) is 0 Å². The van der Waals surface area contributed by atoms with Gasteiger partial charge in [-0.3, -0.25) is 9.89 Å². The molecule has 27 heavy (non-hydrogen) atoms. The van der Waals surface area contributed by atoms with Gasteiger partial charge in [0.1, 0.15) is 5.75 Å². The number of hydrogen-bond acceptors (Lipinski definition) is 3. The summed E-state index contributed by atoms with van der Waals surface area (Å²) < 4.78 is 5.40. The van der Waals surface area contributed by atoms with Crippen LogP contribution in [-0.2, 0) is 19.6 Å². The Morgan fingerprint density at radius 1 is 0.963 bits per heavy atom. The molecule has 0 heterocycles. The monoisotopic (exact) mass is 368 g/mol. The van der Waals surface area contributed by atoms with Crippen LogP contribution in [0.2, 0.25) is 0 Å². The Labute approximate surface area is 163 Å². The standard InChI is InChI=1S/C22H32N4O/c1-5-26(6-2)17-19-11-9-10-18(14-19)15-24-22(23-3)25-16-20-12-7-8-13-21(20)27-4/h7-14H,5-6,15-17H2,1-4H3,(H2,23,24,25). The molecular weight excluding hydrogens is 336 g/mol. The highest BCUT2D eigenvalue weighted by molar-refractivity contribution is 5.79. The Hall–Kier alpha value is -2.53. The summed E-state index contributed by atoms with van der Waals surface area (Å²) in [6.45, 7) is 8.92. The van der Waals surface area contributed by atoms with E-state index >= 15 is 0 Å². The van der Waals surface area contributed by atoms with Crippen LogP contribution in [0.1, 0.15) is 30.5 Å². The molecule has 5 nitrogen and oxygen atoms in total. The molecule has 0 saturated carbocycles. The molecule has 0 aliphatic carbocycles. The number of rotatable bonds is 9. The summed E-state index contributed by atoms with van der Waals surface area (Å²) >= 11 is 0. The second kappa shape index (κ2) is 11.2. The number of aliphatic imine (C=N–C) groups is 1. The van der Waals surface area contributed by atoms with Crippen molar-refractivity contribution < 1.29 is 4.74 Å². The van der Waals surface area contributed by atoms with E-state index in [-0.39, 0.29) is 0 Å². The lowest BCUT2D eigenvalue weighted by molar-refractivity contribution is 0.296. The third-order valence-electron chi connectivity index (χ3n) is 4.61. The van der Waals surface area contributed by atoms with E-state index in [1.54, 1.807) is 14.2 Å². The molecule has 146 valence electrons. The van der Waals surface area contributed by atoms with Gasteiger partial charge in [0.25, 0.3) is 0 Å². The number of benzene rings is 2. The highest BCUT2D eigenvalue weighted by Crippen LogP contribution is 2.16. The first-order valence-electron chi connectivity index (χ1n) is 9.56. The second-order valence-electron chi connectivity index (χ2n) is 6.37. The van der Waals surface area contributed by atoms with E-state index in [9.17, 15) is 0 Å². The van der Waals surface area contributed by atoms with Gasteiger partial charge in [-0.2, -0.15) is 0 Å². The Balaban J connectivity index is 1.90. The predicted molar refractivity (Wildman–Crippen MR) is 113 cm³/mol. The molecule has 0 bridgehead atoms. The van der Waals surface area contributed by atoms with Gasteiger partial charge in [0, 0.05) is 32.2 Å². The molecule has 2 aromatic rings. The maximum atomic E-state index is 5.40. The third kappa shape index (κ3) is 6.61. The van der Waals surface area contributed by atoms with E-state index in [1.807, 2.05) is 18.2 Å². The highest BCUT2D eigenvalue weighted by atomic mass is 16.5. The Kier molecular flexibility index (Phi) is 8.65. The summed E-state index contributed by atoms with van der Waals surface area (Å²) in [6, 6.07) is 16.7. The van der Waals surface area contributed by atoms with E-state index in [0.29, 0.717) is 6.54 Å². The van der Waals surface area contributed by atoms with Gasteiger partial charge in [-0.1, -0.05) is 56.3 Å². The van der Waals surface area contributed by atoms with Crippen molar-refractivity contribution >= 4 is 5.96 Å². The molecule has 0 amide bonds. The quantitative estimate of drug-likeness (QED) is 0.526. The summed E-state index contributed by atoms with van der Waals surface area (Å²) in [7, 11) is 3.48. The van der Waals surface area contributed by atoms with Gasteiger partial charge in [-0.25, -0.2) is 0 Å². The van der Waals surface area contributed by atoms with Gasteiger partial charge in [-0.05, 0) is 30.3 Å². The van der Waals surface area contributed by atoms with Crippen LogP contribution in [0.15, 0.2) is 53.5 Å². The zero-order valence-electron chi connectivity index (χ0n) is 17.0. The van der Waals surface area contributed by atoms with Crippen LogP contribution >= 0.6 is 0 Å². The van der Waals surface area contributed by atoms with Crippen molar-refractivity contribution in [3.8, 4) is 5.75 Å². The first-order chi connectivity index (χ1) is 13.2. The molecular formula is C22H32N4O. The maximum Gasteiger partial charge on any atom is 0.191 e. The average molecular weight is 369 g/mol.